The highest BCUT2D eigenvalue weighted by molar-refractivity contribution is 5.64. The molecule has 5 heteroatoms. The predicted molar refractivity (Wildman–Crippen MR) is 174 cm³/mol. The van der Waals surface area contributed by atoms with Crippen molar-refractivity contribution in [3.8, 4) is 11.1 Å². The van der Waals surface area contributed by atoms with Gasteiger partial charge in [0.15, 0.2) is 0 Å². The molecule has 0 nitrogen and oxygen atoms in total. The maximum Gasteiger partial charge on any atom is 0.412 e. The van der Waals surface area contributed by atoms with E-state index in [1.807, 2.05) is 12.1 Å². The average molecular weight is 623 g/mol. The van der Waals surface area contributed by atoms with Gasteiger partial charge >= 0.3 is 6.18 Å². The SMILES string of the molecule is CCCCCC1CCC(c2ccc(-c3ccc(CCc4ccc(C5CCC(C(F)=CC(F)(F)F)CC5)cc4)c(F)c3)cc2)CC1. The number of benzene rings is 3. The van der Waals surface area contributed by atoms with E-state index in [9.17, 15) is 17.6 Å². The van der Waals surface area contributed by atoms with Crippen molar-refractivity contribution in [2.75, 3.05) is 0 Å². The Hall–Kier alpha value is -2.95. The van der Waals surface area contributed by atoms with Crippen molar-refractivity contribution in [2.45, 2.75) is 115 Å². The molecule has 5 rings (SSSR count). The Balaban J connectivity index is 1.09. The minimum Gasteiger partial charge on any atom is -0.212 e. The molecule has 2 saturated carbocycles. The van der Waals surface area contributed by atoms with Crippen LogP contribution in [-0.2, 0) is 12.8 Å². The lowest BCUT2D eigenvalue weighted by Crippen LogP contribution is -2.15. The number of hydrogen-bond donors (Lipinski definition) is 0. The molecule has 45 heavy (non-hydrogen) atoms. The van der Waals surface area contributed by atoms with E-state index in [0.717, 1.165) is 28.2 Å². The topological polar surface area (TPSA) is 0 Å². The van der Waals surface area contributed by atoms with E-state index in [4.69, 9.17) is 0 Å². The van der Waals surface area contributed by atoms with Crippen LogP contribution in [0.3, 0.4) is 0 Å². The van der Waals surface area contributed by atoms with Crippen LogP contribution in [0.25, 0.3) is 11.1 Å². The first-order chi connectivity index (χ1) is 21.7. The summed E-state index contributed by atoms with van der Waals surface area (Å²) in [6.45, 7) is 2.27. The van der Waals surface area contributed by atoms with E-state index in [2.05, 4.69) is 55.5 Å². The number of unbranched alkanes of at least 4 members (excludes halogenated alkanes) is 2. The molecule has 0 spiro atoms. The van der Waals surface area contributed by atoms with Gasteiger partial charge < -0.3 is 0 Å². The summed E-state index contributed by atoms with van der Waals surface area (Å²) in [7, 11) is 0. The first-order valence-electron chi connectivity index (χ1n) is 17.1. The van der Waals surface area contributed by atoms with Gasteiger partial charge in [0.2, 0.25) is 0 Å². The fourth-order valence-corrected chi connectivity index (χ4v) is 7.56. The number of allylic oxidation sites excluding steroid dienone is 2. The van der Waals surface area contributed by atoms with Crippen LogP contribution in [0.4, 0.5) is 22.0 Å². The van der Waals surface area contributed by atoms with Gasteiger partial charge in [0.1, 0.15) is 11.6 Å². The van der Waals surface area contributed by atoms with Gasteiger partial charge in [-0.25, -0.2) is 8.78 Å². The van der Waals surface area contributed by atoms with E-state index >= 15 is 4.39 Å². The fraction of sp³-hybridized carbons (Fsp3) is 0.500. The second kappa shape index (κ2) is 15.6. The molecule has 242 valence electrons. The summed E-state index contributed by atoms with van der Waals surface area (Å²) in [5, 5.41) is 0. The lowest BCUT2D eigenvalue weighted by molar-refractivity contribution is -0.0820. The molecule has 0 N–H and O–H groups in total. The Kier molecular flexibility index (Phi) is 11.6. The lowest BCUT2D eigenvalue weighted by atomic mass is 9.77. The van der Waals surface area contributed by atoms with Crippen LogP contribution < -0.4 is 0 Å². The highest BCUT2D eigenvalue weighted by Gasteiger charge is 2.30. The molecule has 0 radical (unpaired) electrons. The van der Waals surface area contributed by atoms with Gasteiger partial charge in [-0.1, -0.05) is 93.3 Å². The number of alkyl halides is 3. The first-order valence-corrected chi connectivity index (χ1v) is 17.1. The highest BCUT2D eigenvalue weighted by Crippen LogP contribution is 2.41. The molecule has 0 heterocycles. The Morgan fingerprint density at radius 1 is 0.711 bits per heavy atom. The van der Waals surface area contributed by atoms with Crippen molar-refractivity contribution in [1.29, 1.82) is 0 Å². The van der Waals surface area contributed by atoms with Crippen LogP contribution in [-0.4, -0.2) is 6.18 Å². The molecule has 2 aliphatic carbocycles. The zero-order chi connectivity index (χ0) is 31.8. The molecule has 0 atom stereocenters. The summed E-state index contributed by atoms with van der Waals surface area (Å²) < 4.78 is 66.6. The molecule has 0 aromatic heterocycles. The Labute approximate surface area is 266 Å². The number of halogens is 5. The molecule has 2 fully saturated rings. The van der Waals surface area contributed by atoms with Crippen molar-refractivity contribution in [3.05, 3.63) is 107 Å². The van der Waals surface area contributed by atoms with Crippen LogP contribution in [0.5, 0.6) is 0 Å². The standard InChI is InChI=1S/C40H47F5/c1-2-3-4-5-28-6-11-30(12-7-28)32-16-18-34(19-17-32)37-25-24-35(38(41)26-37)15-10-29-8-13-31(14-9-29)33-20-22-36(23-21-33)39(42)27-40(43,44)45/h8-9,13-14,16-19,24-28,30,33,36H,2-7,10-12,15,20-23H2,1H3. The number of rotatable bonds is 11. The smallest absolute Gasteiger partial charge is 0.212 e. The molecule has 0 bridgehead atoms. The van der Waals surface area contributed by atoms with Crippen molar-refractivity contribution < 1.29 is 22.0 Å². The Morgan fingerprint density at radius 3 is 1.87 bits per heavy atom. The van der Waals surface area contributed by atoms with E-state index in [0.29, 0.717) is 50.0 Å². The van der Waals surface area contributed by atoms with Crippen molar-refractivity contribution in [2.24, 2.45) is 11.8 Å². The Bertz CT molecular complexity index is 1370. The summed E-state index contributed by atoms with van der Waals surface area (Å²) in [5.74, 6) is -0.101. The molecule has 3 aromatic carbocycles. The van der Waals surface area contributed by atoms with Gasteiger partial charge in [0.25, 0.3) is 0 Å². The maximum absolute atomic E-state index is 15.1. The molecule has 2 aliphatic rings. The van der Waals surface area contributed by atoms with Crippen LogP contribution in [0.1, 0.15) is 118 Å². The molecule has 0 saturated heterocycles. The number of aryl methyl sites for hydroxylation is 2. The molecule has 0 aliphatic heterocycles. The largest absolute Gasteiger partial charge is 0.412 e. The van der Waals surface area contributed by atoms with Crippen LogP contribution >= 0.6 is 0 Å². The van der Waals surface area contributed by atoms with Crippen molar-refractivity contribution >= 4 is 0 Å². The molecule has 0 unspecified atom stereocenters. The second-order valence-corrected chi connectivity index (χ2v) is 13.5. The predicted octanol–water partition coefficient (Wildman–Crippen LogP) is 12.8. The average Bonchev–Trinajstić information content (AvgIpc) is 3.04. The van der Waals surface area contributed by atoms with E-state index in [1.54, 1.807) is 6.07 Å². The summed E-state index contributed by atoms with van der Waals surface area (Å²) >= 11 is 0. The quantitative estimate of drug-likeness (QED) is 0.147. The summed E-state index contributed by atoms with van der Waals surface area (Å²) in [4.78, 5) is 0. The third-order valence-electron chi connectivity index (χ3n) is 10.4. The third-order valence-corrected chi connectivity index (χ3v) is 10.4. The molecule has 3 aromatic rings. The monoisotopic (exact) mass is 622 g/mol. The molecular formula is C40H47F5. The second-order valence-electron chi connectivity index (χ2n) is 13.5. The Morgan fingerprint density at radius 2 is 1.29 bits per heavy atom. The van der Waals surface area contributed by atoms with Crippen molar-refractivity contribution in [1.82, 2.24) is 0 Å². The maximum atomic E-state index is 15.1. The first kappa shape index (κ1) is 33.4. The highest BCUT2D eigenvalue weighted by atomic mass is 19.4. The minimum absolute atomic E-state index is 0.182. The summed E-state index contributed by atoms with van der Waals surface area (Å²) in [5.41, 5.74) is 6.29. The van der Waals surface area contributed by atoms with Gasteiger partial charge in [-0.05, 0) is 121 Å². The van der Waals surface area contributed by atoms with Gasteiger partial charge in [-0.2, -0.15) is 13.2 Å². The van der Waals surface area contributed by atoms with Crippen LogP contribution in [0.15, 0.2) is 78.6 Å². The van der Waals surface area contributed by atoms with E-state index in [1.165, 1.54) is 56.9 Å². The minimum atomic E-state index is -4.61. The third kappa shape index (κ3) is 9.53. The van der Waals surface area contributed by atoms with E-state index < -0.39 is 17.9 Å². The van der Waals surface area contributed by atoms with E-state index in [-0.39, 0.29) is 17.8 Å². The summed E-state index contributed by atoms with van der Waals surface area (Å²) in [6.07, 6.45) is 9.32. The molecular weight excluding hydrogens is 575 g/mol. The zero-order valence-corrected chi connectivity index (χ0v) is 26.5. The van der Waals surface area contributed by atoms with Crippen molar-refractivity contribution in [3.63, 3.8) is 0 Å². The summed E-state index contributed by atoms with van der Waals surface area (Å²) in [6, 6.07) is 22.5. The lowest BCUT2D eigenvalue weighted by Gasteiger charge is -2.29. The van der Waals surface area contributed by atoms with Crippen LogP contribution in [0, 0.1) is 17.7 Å². The van der Waals surface area contributed by atoms with Gasteiger partial charge in [0.05, 0.1) is 6.08 Å². The van der Waals surface area contributed by atoms with Gasteiger partial charge in [0, 0.05) is 5.92 Å². The van der Waals surface area contributed by atoms with Gasteiger partial charge in [-0.3, -0.25) is 0 Å². The zero-order valence-electron chi connectivity index (χ0n) is 26.5. The van der Waals surface area contributed by atoms with Crippen LogP contribution in [0.2, 0.25) is 0 Å². The van der Waals surface area contributed by atoms with Gasteiger partial charge in [-0.15, -0.1) is 0 Å². The normalized spacial score (nSPS) is 22.8. The molecule has 0 amide bonds. The fourth-order valence-electron chi connectivity index (χ4n) is 7.56. The number of hydrogen-bond acceptors (Lipinski definition) is 0.